The molecule has 1 aromatic heterocycles. The van der Waals surface area contributed by atoms with E-state index in [9.17, 15) is 4.79 Å². The van der Waals surface area contributed by atoms with Crippen molar-refractivity contribution in [1.29, 1.82) is 0 Å². The molecule has 3 nitrogen and oxygen atoms in total. The van der Waals surface area contributed by atoms with E-state index >= 15 is 0 Å². The summed E-state index contributed by atoms with van der Waals surface area (Å²) in [7, 11) is 0. The van der Waals surface area contributed by atoms with Gasteiger partial charge in [-0.3, -0.25) is 4.79 Å². The van der Waals surface area contributed by atoms with E-state index in [1.165, 1.54) is 6.92 Å². The van der Waals surface area contributed by atoms with E-state index in [1.807, 2.05) is 31.2 Å². The molecule has 0 fully saturated rings. The molecule has 0 radical (unpaired) electrons. The Bertz CT molecular complexity index is 528. The summed E-state index contributed by atoms with van der Waals surface area (Å²) in [5.41, 5.74) is 2.29. The quantitative estimate of drug-likeness (QED) is 0.857. The van der Waals surface area contributed by atoms with E-state index < -0.39 is 0 Å². The number of halogens is 1. The number of hydrogen-bond acceptors (Lipinski definition) is 2. The number of carbonyl (C=O) groups is 1. The number of imidazole rings is 1. The van der Waals surface area contributed by atoms with Crippen molar-refractivity contribution in [2.45, 2.75) is 13.8 Å². The number of benzene rings is 1. The Kier molecular flexibility index (Phi) is 2.92. The minimum atomic E-state index is -0.0166. The standard InChI is InChI=1S/C12H11BrN2O/c1-7-11(8(2)16)15-12(14-7)9-3-5-10(13)6-4-9/h3-6H,1-2H3,(H,14,15). The molecule has 0 bridgehead atoms. The highest BCUT2D eigenvalue weighted by atomic mass is 79.9. The Balaban J connectivity index is 2.45. The average molecular weight is 279 g/mol. The van der Waals surface area contributed by atoms with Crippen LogP contribution >= 0.6 is 15.9 Å². The van der Waals surface area contributed by atoms with Gasteiger partial charge in [-0.05, 0) is 19.1 Å². The van der Waals surface area contributed by atoms with Crippen LogP contribution in [0.1, 0.15) is 23.1 Å². The third-order valence-corrected chi connectivity index (χ3v) is 2.86. The Morgan fingerprint density at radius 1 is 1.31 bits per heavy atom. The van der Waals surface area contributed by atoms with Crippen LogP contribution in [0.2, 0.25) is 0 Å². The number of H-pyrrole nitrogens is 1. The zero-order chi connectivity index (χ0) is 11.7. The van der Waals surface area contributed by atoms with Crippen LogP contribution < -0.4 is 0 Å². The van der Waals surface area contributed by atoms with Crippen LogP contribution in [-0.4, -0.2) is 15.8 Å². The smallest absolute Gasteiger partial charge is 0.179 e. The minimum absolute atomic E-state index is 0.0166. The van der Waals surface area contributed by atoms with E-state index in [-0.39, 0.29) is 5.78 Å². The zero-order valence-corrected chi connectivity index (χ0v) is 10.6. The maximum absolute atomic E-state index is 11.3. The third kappa shape index (κ3) is 2.07. The van der Waals surface area contributed by atoms with Crippen molar-refractivity contribution in [2.75, 3.05) is 0 Å². The number of ketones is 1. The maximum Gasteiger partial charge on any atom is 0.179 e. The first kappa shape index (κ1) is 11.1. The lowest BCUT2D eigenvalue weighted by molar-refractivity contribution is 0.101. The number of Topliss-reactive ketones (excluding diaryl/α,β-unsaturated/α-hetero) is 1. The van der Waals surface area contributed by atoms with Crippen LogP contribution in [0.3, 0.4) is 0 Å². The molecule has 0 aliphatic heterocycles. The number of nitrogens with one attached hydrogen (secondary N) is 1. The number of aromatic nitrogens is 2. The van der Waals surface area contributed by atoms with Gasteiger partial charge in [0.15, 0.2) is 5.78 Å². The monoisotopic (exact) mass is 278 g/mol. The molecule has 1 N–H and O–H groups in total. The number of rotatable bonds is 2. The van der Waals surface area contributed by atoms with Gasteiger partial charge in [-0.2, -0.15) is 0 Å². The summed E-state index contributed by atoms with van der Waals surface area (Å²) >= 11 is 3.38. The first-order chi connectivity index (χ1) is 7.58. The molecule has 2 rings (SSSR count). The van der Waals surface area contributed by atoms with Gasteiger partial charge in [0, 0.05) is 22.7 Å². The SMILES string of the molecule is CC(=O)c1nc(-c2ccc(Br)cc2)[nH]c1C. The summed E-state index contributed by atoms with van der Waals surface area (Å²) in [6, 6.07) is 7.79. The fourth-order valence-electron chi connectivity index (χ4n) is 1.55. The lowest BCUT2D eigenvalue weighted by atomic mass is 10.2. The molecule has 0 saturated heterocycles. The highest BCUT2D eigenvalue weighted by Gasteiger charge is 2.11. The largest absolute Gasteiger partial charge is 0.341 e. The molecule has 16 heavy (non-hydrogen) atoms. The number of nitrogens with zero attached hydrogens (tertiary/aromatic N) is 1. The normalized spacial score (nSPS) is 10.4. The first-order valence-electron chi connectivity index (χ1n) is 4.91. The lowest BCUT2D eigenvalue weighted by Crippen LogP contribution is -1.94. The van der Waals surface area contributed by atoms with Crippen molar-refractivity contribution in [3.05, 3.63) is 40.1 Å². The molecule has 4 heteroatoms. The van der Waals surface area contributed by atoms with Crippen molar-refractivity contribution in [2.24, 2.45) is 0 Å². The van der Waals surface area contributed by atoms with Gasteiger partial charge in [0.2, 0.25) is 0 Å². The average Bonchev–Trinajstić information content (AvgIpc) is 2.61. The van der Waals surface area contributed by atoms with Crippen LogP contribution in [-0.2, 0) is 0 Å². The van der Waals surface area contributed by atoms with Gasteiger partial charge >= 0.3 is 0 Å². The van der Waals surface area contributed by atoms with Crippen molar-refractivity contribution < 1.29 is 4.79 Å². The fraction of sp³-hybridized carbons (Fsp3) is 0.167. The molecule has 1 aromatic carbocycles. The predicted molar refractivity (Wildman–Crippen MR) is 66.5 cm³/mol. The number of aromatic amines is 1. The van der Waals surface area contributed by atoms with Crippen molar-refractivity contribution in [3.63, 3.8) is 0 Å². The molecule has 0 aliphatic carbocycles. The molecule has 0 atom stereocenters. The van der Waals surface area contributed by atoms with E-state index in [0.29, 0.717) is 5.69 Å². The lowest BCUT2D eigenvalue weighted by Gasteiger charge is -1.96. The zero-order valence-electron chi connectivity index (χ0n) is 9.04. The Morgan fingerprint density at radius 3 is 2.44 bits per heavy atom. The van der Waals surface area contributed by atoms with Gasteiger partial charge in [-0.1, -0.05) is 28.1 Å². The molecule has 0 amide bonds. The van der Waals surface area contributed by atoms with E-state index in [1.54, 1.807) is 0 Å². The van der Waals surface area contributed by atoms with Gasteiger partial charge in [-0.15, -0.1) is 0 Å². The Labute approximate surface area is 102 Å². The van der Waals surface area contributed by atoms with Gasteiger partial charge < -0.3 is 4.98 Å². The topological polar surface area (TPSA) is 45.8 Å². The fourth-order valence-corrected chi connectivity index (χ4v) is 1.81. The first-order valence-corrected chi connectivity index (χ1v) is 5.70. The van der Waals surface area contributed by atoms with Gasteiger partial charge in [-0.25, -0.2) is 4.98 Å². The highest BCUT2D eigenvalue weighted by molar-refractivity contribution is 9.10. The maximum atomic E-state index is 11.3. The third-order valence-electron chi connectivity index (χ3n) is 2.34. The summed E-state index contributed by atoms with van der Waals surface area (Å²) in [4.78, 5) is 18.7. The van der Waals surface area contributed by atoms with E-state index in [4.69, 9.17) is 0 Å². The summed E-state index contributed by atoms with van der Waals surface area (Å²) in [6.07, 6.45) is 0. The van der Waals surface area contributed by atoms with E-state index in [2.05, 4.69) is 25.9 Å². The summed E-state index contributed by atoms with van der Waals surface area (Å²) in [5.74, 6) is 0.715. The molecule has 0 unspecified atom stereocenters. The van der Waals surface area contributed by atoms with E-state index in [0.717, 1.165) is 21.6 Å². The van der Waals surface area contributed by atoms with Crippen molar-refractivity contribution in [3.8, 4) is 11.4 Å². The second-order valence-electron chi connectivity index (χ2n) is 3.62. The molecule has 0 spiro atoms. The molecular weight excluding hydrogens is 268 g/mol. The summed E-state index contributed by atoms with van der Waals surface area (Å²) in [5, 5.41) is 0. The van der Waals surface area contributed by atoms with Crippen LogP contribution in [0.15, 0.2) is 28.7 Å². The summed E-state index contributed by atoms with van der Waals surface area (Å²) in [6.45, 7) is 3.38. The Morgan fingerprint density at radius 2 is 1.94 bits per heavy atom. The van der Waals surface area contributed by atoms with Gasteiger partial charge in [0.25, 0.3) is 0 Å². The second kappa shape index (κ2) is 4.22. The highest BCUT2D eigenvalue weighted by Crippen LogP contribution is 2.20. The number of aryl methyl sites for hydroxylation is 1. The second-order valence-corrected chi connectivity index (χ2v) is 4.54. The van der Waals surface area contributed by atoms with Crippen LogP contribution in [0, 0.1) is 6.92 Å². The van der Waals surface area contributed by atoms with Crippen molar-refractivity contribution in [1.82, 2.24) is 9.97 Å². The molecule has 2 aromatic rings. The van der Waals surface area contributed by atoms with Gasteiger partial charge in [0.1, 0.15) is 11.5 Å². The molecule has 0 aliphatic rings. The minimum Gasteiger partial charge on any atom is -0.341 e. The Hall–Kier alpha value is -1.42. The summed E-state index contributed by atoms with van der Waals surface area (Å²) < 4.78 is 1.02. The van der Waals surface area contributed by atoms with Crippen LogP contribution in [0.25, 0.3) is 11.4 Å². The predicted octanol–water partition coefficient (Wildman–Crippen LogP) is 3.35. The number of hydrogen-bond donors (Lipinski definition) is 1. The van der Waals surface area contributed by atoms with Crippen LogP contribution in [0.5, 0.6) is 0 Å². The van der Waals surface area contributed by atoms with Crippen molar-refractivity contribution >= 4 is 21.7 Å². The van der Waals surface area contributed by atoms with Gasteiger partial charge in [0.05, 0.1) is 0 Å². The molecule has 0 saturated carbocycles. The molecular formula is C12H11BrN2O. The van der Waals surface area contributed by atoms with Crippen LogP contribution in [0.4, 0.5) is 0 Å². The molecule has 82 valence electrons. The molecule has 1 heterocycles. The number of carbonyl (C=O) groups excluding carboxylic acids is 1.